The van der Waals surface area contributed by atoms with Crippen LogP contribution in [0.2, 0.25) is 0 Å². The zero-order valence-corrected chi connectivity index (χ0v) is 16.5. The Morgan fingerprint density at radius 2 is 1.82 bits per heavy atom. The van der Waals surface area contributed by atoms with E-state index in [1.54, 1.807) is 16.7 Å². The molecular formula is C22H23N3O2S. The third-order valence-corrected chi connectivity index (χ3v) is 5.99. The Labute approximate surface area is 168 Å². The normalized spacial score (nSPS) is 14.7. The van der Waals surface area contributed by atoms with E-state index in [4.69, 9.17) is 0 Å². The van der Waals surface area contributed by atoms with Crippen LogP contribution in [0.5, 0.6) is 0 Å². The Bertz CT molecular complexity index is 984. The summed E-state index contributed by atoms with van der Waals surface area (Å²) < 4.78 is 2.24. The Kier molecular flexibility index (Phi) is 5.67. The van der Waals surface area contributed by atoms with Crippen molar-refractivity contribution in [2.45, 2.75) is 17.9 Å². The van der Waals surface area contributed by atoms with Crippen molar-refractivity contribution in [2.75, 3.05) is 25.4 Å². The van der Waals surface area contributed by atoms with Gasteiger partial charge in [0.25, 0.3) is 0 Å². The molecule has 1 fully saturated rings. The van der Waals surface area contributed by atoms with E-state index in [1.807, 2.05) is 18.2 Å². The highest BCUT2D eigenvalue weighted by Gasteiger charge is 2.19. The lowest BCUT2D eigenvalue weighted by atomic mass is 10.2. The van der Waals surface area contributed by atoms with E-state index in [1.165, 1.54) is 16.5 Å². The molecule has 1 aromatic heterocycles. The average Bonchev–Trinajstić information content (AvgIpc) is 2.91. The Hall–Kier alpha value is -2.73. The molecule has 6 heteroatoms. The second kappa shape index (κ2) is 8.52. The van der Waals surface area contributed by atoms with E-state index in [0.717, 1.165) is 11.4 Å². The molecule has 0 aliphatic carbocycles. The fourth-order valence-corrected chi connectivity index (χ4v) is 4.48. The van der Waals surface area contributed by atoms with Gasteiger partial charge in [0, 0.05) is 54.6 Å². The highest BCUT2D eigenvalue weighted by Crippen LogP contribution is 2.30. The van der Waals surface area contributed by atoms with E-state index in [0.29, 0.717) is 31.8 Å². The second-order valence-corrected chi connectivity index (χ2v) is 7.91. The number of para-hydroxylation sites is 1. The molecule has 1 N–H and O–H groups in total. The number of thioether (sulfide) groups is 1. The minimum atomic E-state index is 0.0203. The van der Waals surface area contributed by atoms with Crippen molar-refractivity contribution in [1.29, 1.82) is 0 Å². The Balaban J connectivity index is 1.49. The van der Waals surface area contributed by atoms with E-state index < -0.39 is 0 Å². The van der Waals surface area contributed by atoms with Gasteiger partial charge in [-0.05, 0) is 11.6 Å². The summed E-state index contributed by atoms with van der Waals surface area (Å²) in [6, 6.07) is 18.7. The first-order valence-electron chi connectivity index (χ1n) is 9.50. The van der Waals surface area contributed by atoms with Gasteiger partial charge in [0.1, 0.15) is 0 Å². The van der Waals surface area contributed by atoms with Crippen LogP contribution in [-0.4, -0.2) is 46.7 Å². The van der Waals surface area contributed by atoms with Gasteiger partial charge >= 0.3 is 0 Å². The Morgan fingerprint density at radius 3 is 2.68 bits per heavy atom. The number of nitrogens with zero attached hydrogens (tertiary/aromatic N) is 2. The zero-order valence-electron chi connectivity index (χ0n) is 15.6. The maximum Gasteiger partial charge on any atom is 0.233 e. The van der Waals surface area contributed by atoms with Gasteiger partial charge in [0.15, 0.2) is 0 Å². The fraction of sp³-hybridized carbons (Fsp3) is 0.273. The van der Waals surface area contributed by atoms with Crippen LogP contribution in [0.15, 0.2) is 65.7 Å². The molecule has 2 amide bonds. The number of nitrogens with one attached hydrogen (secondary N) is 1. The molecule has 0 spiro atoms. The summed E-state index contributed by atoms with van der Waals surface area (Å²) in [4.78, 5) is 27.0. The summed E-state index contributed by atoms with van der Waals surface area (Å²) in [5.74, 6) is 0.487. The summed E-state index contributed by atoms with van der Waals surface area (Å²) >= 11 is 1.57. The molecule has 28 heavy (non-hydrogen) atoms. The molecule has 1 aliphatic heterocycles. The summed E-state index contributed by atoms with van der Waals surface area (Å²) in [6.45, 7) is 2.42. The van der Waals surface area contributed by atoms with Gasteiger partial charge in [-0.3, -0.25) is 9.59 Å². The average molecular weight is 394 g/mol. The summed E-state index contributed by atoms with van der Waals surface area (Å²) in [5, 5.41) is 3.98. The first-order valence-corrected chi connectivity index (χ1v) is 10.5. The third-order valence-electron chi connectivity index (χ3n) is 4.96. The standard InChI is InChI=1S/C22H23N3O2S/c26-21-10-12-24(13-11-23-21)22(27)16-28-20-15-25(14-17-6-2-1-3-7-17)19-9-5-4-8-18(19)20/h1-9,15H,10-14,16H2,(H,23,26). The van der Waals surface area contributed by atoms with Gasteiger partial charge in [0.2, 0.25) is 11.8 Å². The molecule has 0 saturated carbocycles. The first kappa shape index (κ1) is 18.6. The van der Waals surface area contributed by atoms with Crippen LogP contribution in [0.3, 0.4) is 0 Å². The number of rotatable bonds is 5. The van der Waals surface area contributed by atoms with Gasteiger partial charge in [-0.15, -0.1) is 11.8 Å². The lowest BCUT2D eigenvalue weighted by Gasteiger charge is -2.19. The van der Waals surface area contributed by atoms with Gasteiger partial charge < -0.3 is 14.8 Å². The van der Waals surface area contributed by atoms with E-state index in [9.17, 15) is 9.59 Å². The van der Waals surface area contributed by atoms with Crippen LogP contribution in [0.1, 0.15) is 12.0 Å². The van der Waals surface area contributed by atoms with Crippen molar-refractivity contribution in [3.63, 3.8) is 0 Å². The minimum absolute atomic E-state index is 0.0203. The van der Waals surface area contributed by atoms with E-state index >= 15 is 0 Å². The largest absolute Gasteiger partial charge is 0.354 e. The van der Waals surface area contributed by atoms with E-state index in [-0.39, 0.29) is 11.8 Å². The van der Waals surface area contributed by atoms with Crippen LogP contribution in [0.25, 0.3) is 10.9 Å². The van der Waals surface area contributed by atoms with Gasteiger partial charge in [-0.25, -0.2) is 0 Å². The predicted molar refractivity (Wildman–Crippen MR) is 112 cm³/mol. The second-order valence-electron chi connectivity index (χ2n) is 6.89. The SMILES string of the molecule is O=C1CCN(C(=O)CSc2cn(Cc3ccccc3)c3ccccc23)CCN1. The van der Waals surface area contributed by atoms with Crippen LogP contribution < -0.4 is 5.32 Å². The van der Waals surface area contributed by atoms with Gasteiger partial charge in [-0.2, -0.15) is 0 Å². The quantitative estimate of drug-likeness (QED) is 0.678. The number of amides is 2. The monoisotopic (exact) mass is 393 g/mol. The highest BCUT2D eigenvalue weighted by molar-refractivity contribution is 8.00. The molecule has 1 saturated heterocycles. The maximum absolute atomic E-state index is 12.6. The summed E-state index contributed by atoms with van der Waals surface area (Å²) in [5.41, 5.74) is 2.42. The van der Waals surface area contributed by atoms with Crippen LogP contribution in [-0.2, 0) is 16.1 Å². The number of fused-ring (bicyclic) bond motifs is 1. The number of carbonyl (C=O) groups is 2. The minimum Gasteiger partial charge on any atom is -0.354 e. The molecule has 2 heterocycles. The summed E-state index contributed by atoms with van der Waals surface area (Å²) in [7, 11) is 0. The van der Waals surface area contributed by atoms with Crippen molar-refractivity contribution >= 4 is 34.5 Å². The molecule has 0 bridgehead atoms. The van der Waals surface area contributed by atoms with E-state index in [2.05, 4.69) is 52.5 Å². The zero-order chi connectivity index (χ0) is 19.3. The number of aromatic nitrogens is 1. The third kappa shape index (κ3) is 4.22. The van der Waals surface area contributed by atoms with Crippen LogP contribution >= 0.6 is 11.8 Å². The smallest absolute Gasteiger partial charge is 0.233 e. The van der Waals surface area contributed by atoms with Gasteiger partial charge in [0.05, 0.1) is 5.75 Å². The van der Waals surface area contributed by atoms with Crippen molar-refractivity contribution < 1.29 is 9.59 Å². The van der Waals surface area contributed by atoms with Crippen molar-refractivity contribution in [1.82, 2.24) is 14.8 Å². The molecule has 3 aromatic rings. The predicted octanol–water partition coefficient (Wildman–Crippen LogP) is 3.13. The number of carbonyl (C=O) groups excluding carboxylic acids is 2. The van der Waals surface area contributed by atoms with Crippen LogP contribution in [0, 0.1) is 0 Å². The summed E-state index contributed by atoms with van der Waals surface area (Å²) in [6.07, 6.45) is 2.52. The number of benzene rings is 2. The van der Waals surface area contributed by atoms with Crippen molar-refractivity contribution in [3.05, 3.63) is 66.4 Å². The molecule has 5 nitrogen and oxygen atoms in total. The maximum atomic E-state index is 12.6. The topological polar surface area (TPSA) is 54.3 Å². The van der Waals surface area contributed by atoms with Crippen molar-refractivity contribution in [3.8, 4) is 0 Å². The highest BCUT2D eigenvalue weighted by atomic mass is 32.2. The molecule has 144 valence electrons. The molecule has 0 atom stereocenters. The molecule has 0 unspecified atom stereocenters. The molecular weight excluding hydrogens is 370 g/mol. The number of hydrogen-bond acceptors (Lipinski definition) is 3. The van der Waals surface area contributed by atoms with Gasteiger partial charge in [-0.1, -0.05) is 48.5 Å². The van der Waals surface area contributed by atoms with Crippen LogP contribution in [0.4, 0.5) is 0 Å². The fourth-order valence-electron chi connectivity index (χ4n) is 3.49. The van der Waals surface area contributed by atoms with Crippen molar-refractivity contribution in [2.24, 2.45) is 0 Å². The molecule has 0 radical (unpaired) electrons. The first-order chi connectivity index (χ1) is 13.7. The Morgan fingerprint density at radius 1 is 1.04 bits per heavy atom. The molecule has 1 aliphatic rings. The molecule has 2 aromatic carbocycles. The lowest BCUT2D eigenvalue weighted by molar-refractivity contribution is -0.128. The lowest BCUT2D eigenvalue weighted by Crippen LogP contribution is -2.35. The number of hydrogen-bond donors (Lipinski definition) is 1. The molecule has 4 rings (SSSR count).